The van der Waals surface area contributed by atoms with E-state index >= 15 is 0 Å². The quantitative estimate of drug-likeness (QED) is 0.896. The minimum atomic E-state index is -1.09. The Balaban J connectivity index is 2.96. The third kappa shape index (κ3) is 3.35. The third-order valence-electron chi connectivity index (χ3n) is 4.30. The number of nitrogens with zero attached hydrogens (tertiary/aromatic N) is 1. The first kappa shape index (κ1) is 17.0. The molecule has 0 bridgehead atoms. The number of carbonyl (C=O) groups excluding carboxylic acids is 1. The molecule has 2 amide bonds. The van der Waals surface area contributed by atoms with E-state index in [0.717, 1.165) is 11.3 Å². The number of urea groups is 1. The molecule has 1 aromatic rings. The van der Waals surface area contributed by atoms with Gasteiger partial charge in [0.05, 0.1) is 11.0 Å². The van der Waals surface area contributed by atoms with Crippen molar-refractivity contribution in [1.82, 2.24) is 5.32 Å². The summed E-state index contributed by atoms with van der Waals surface area (Å²) in [5.41, 5.74) is -0.216. The molecule has 5 heteroatoms. The molecule has 2 N–H and O–H groups in total. The van der Waals surface area contributed by atoms with Crippen LogP contribution in [0.2, 0.25) is 0 Å². The van der Waals surface area contributed by atoms with Crippen molar-refractivity contribution in [2.45, 2.75) is 40.2 Å². The molecule has 5 nitrogen and oxygen atoms in total. The first-order valence-corrected chi connectivity index (χ1v) is 6.85. The normalized spacial score (nSPS) is 11.9. The second-order valence-corrected chi connectivity index (χ2v) is 6.33. The fourth-order valence-corrected chi connectivity index (χ4v) is 1.82. The van der Waals surface area contributed by atoms with Crippen LogP contribution < -0.4 is 10.2 Å². The Bertz CT molecular complexity index is 550. The van der Waals surface area contributed by atoms with E-state index in [2.05, 4.69) is 5.32 Å². The lowest BCUT2D eigenvalue weighted by Gasteiger charge is -2.39. The summed E-state index contributed by atoms with van der Waals surface area (Å²) in [5, 5.41) is 12.1. The lowest BCUT2D eigenvalue weighted by Crippen LogP contribution is -2.59. The predicted molar refractivity (Wildman–Crippen MR) is 83.6 cm³/mol. The van der Waals surface area contributed by atoms with Gasteiger partial charge in [-0.25, -0.2) is 4.79 Å². The smallest absolute Gasteiger partial charge is 0.322 e. The second-order valence-electron chi connectivity index (χ2n) is 6.33. The number of amides is 2. The van der Waals surface area contributed by atoms with E-state index in [1.807, 2.05) is 31.2 Å². The van der Waals surface area contributed by atoms with Gasteiger partial charge in [-0.2, -0.15) is 0 Å². The molecule has 0 radical (unpaired) electrons. The number of carbonyl (C=O) groups is 2. The van der Waals surface area contributed by atoms with Gasteiger partial charge < -0.3 is 10.4 Å². The van der Waals surface area contributed by atoms with Crippen LogP contribution in [0.1, 0.15) is 33.3 Å². The van der Waals surface area contributed by atoms with Crippen molar-refractivity contribution in [3.63, 3.8) is 0 Å². The molecule has 1 rings (SSSR count). The molecule has 1 aromatic carbocycles. The van der Waals surface area contributed by atoms with Crippen LogP contribution in [0.15, 0.2) is 24.3 Å². The molecule has 0 fully saturated rings. The third-order valence-corrected chi connectivity index (χ3v) is 4.30. The molecule has 0 aromatic heterocycles. The number of nitrogens with one attached hydrogen (secondary N) is 1. The highest BCUT2D eigenvalue weighted by Crippen LogP contribution is 2.31. The highest BCUT2D eigenvalue weighted by atomic mass is 16.4. The second kappa shape index (κ2) is 5.76. The highest BCUT2D eigenvalue weighted by Gasteiger charge is 2.44. The summed E-state index contributed by atoms with van der Waals surface area (Å²) in [4.78, 5) is 25.3. The van der Waals surface area contributed by atoms with Crippen molar-refractivity contribution >= 4 is 17.7 Å². The van der Waals surface area contributed by atoms with Gasteiger partial charge in [-0.1, -0.05) is 18.2 Å². The molecular formula is C16H24N2O3. The fourth-order valence-electron chi connectivity index (χ4n) is 1.82. The maximum Gasteiger partial charge on any atom is 0.322 e. The van der Waals surface area contributed by atoms with Gasteiger partial charge in [0.1, 0.15) is 0 Å². The zero-order valence-corrected chi connectivity index (χ0v) is 13.5. The average molecular weight is 292 g/mol. The first-order valence-electron chi connectivity index (χ1n) is 6.85. The highest BCUT2D eigenvalue weighted by molar-refractivity contribution is 5.93. The van der Waals surface area contributed by atoms with Gasteiger partial charge in [-0.3, -0.25) is 9.69 Å². The van der Waals surface area contributed by atoms with E-state index in [0.29, 0.717) is 0 Å². The summed E-state index contributed by atoms with van der Waals surface area (Å²) in [6.45, 7) is 8.55. The van der Waals surface area contributed by atoms with Crippen LogP contribution in [0, 0.1) is 12.3 Å². The standard InChI is InChI=1S/C16H24N2O3/c1-11-9-7-8-10-12(11)18(6)14(21)17-16(4,5)15(2,3)13(19)20/h7-10H,1-6H3,(H,17,21)(H,19,20). The number of carboxylic acid groups (broad SMARTS) is 1. The van der Waals surface area contributed by atoms with Crippen molar-refractivity contribution in [3.05, 3.63) is 29.8 Å². The maximum absolute atomic E-state index is 12.4. The van der Waals surface area contributed by atoms with Crippen molar-refractivity contribution < 1.29 is 14.7 Å². The number of hydrogen-bond donors (Lipinski definition) is 2. The van der Waals surface area contributed by atoms with Gasteiger partial charge in [0.25, 0.3) is 0 Å². The van der Waals surface area contributed by atoms with Crippen LogP contribution in [0.3, 0.4) is 0 Å². The Kier molecular flexibility index (Phi) is 4.66. The van der Waals surface area contributed by atoms with Gasteiger partial charge in [-0.05, 0) is 46.2 Å². The number of para-hydroxylation sites is 1. The van der Waals surface area contributed by atoms with E-state index in [-0.39, 0.29) is 6.03 Å². The van der Waals surface area contributed by atoms with Gasteiger partial charge >= 0.3 is 12.0 Å². The lowest BCUT2D eigenvalue weighted by molar-refractivity contribution is -0.150. The van der Waals surface area contributed by atoms with E-state index in [1.165, 1.54) is 4.90 Å². The molecule has 0 unspecified atom stereocenters. The molecule has 0 spiro atoms. The van der Waals surface area contributed by atoms with Crippen LogP contribution in [-0.4, -0.2) is 29.7 Å². The largest absolute Gasteiger partial charge is 0.481 e. The van der Waals surface area contributed by atoms with Crippen LogP contribution in [0.5, 0.6) is 0 Å². The number of benzene rings is 1. The topological polar surface area (TPSA) is 69.6 Å². The number of aryl methyl sites for hydroxylation is 1. The summed E-state index contributed by atoms with van der Waals surface area (Å²) in [6, 6.07) is 7.21. The van der Waals surface area contributed by atoms with E-state index in [9.17, 15) is 14.7 Å². The lowest BCUT2D eigenvalue weighted by atomic mass is 9.74. The Labute approximate surface area is 126 Å². The Hall–Kier alpha value is -2.04. The molecule has 116 valence electrons. The molecule has 0 aliphatic heterocycles. The van der Waals surface area contributed by atoms with Crippen molar-refractivity contribution in [3.8, 4) is 0 Å². The molecular weight excluding hydrogens is 268 g/mol. The van der Waals surface area contributed by atoms with Crippen molar-refractivity contribution in [1.29, 1.82) is 0 Å². The average Bonchev–Trinajstić information content (AvgIpc) is 2.37. The Morgan fingerprint density at radius 3 is 2.14 bits per heavy atom. The minimum Gasteiger partial charge on any atom is -0.481 e. The van der Waals surface area contributed by atoms with Crippen molar-refractivity contribution in [2.24, 2.45) is 5.41 Å². The molecule has 0 saturated heterocycles. The van der Waals surface area contributed by atoms with Crippen LogP contribution in [0.4, 0.5) is 10.5 Å². The monoisotopic (exact) mass is 292 g/mol. The van der Waals surface area contributed by atoms with Gasteiger partial charge in [0, 0.05) is 12.7 Å². The first-order chi connectivity index (χ1) is 9.50. The van der Waals surface area contributed by atoms with E-state index in [4.69, 9.17) is 0 Å². The molecule has 0 aliphatic rings. The summed E-state index contributed by atoms with van der Waals surface area (Å²) in [7, 11) is 1.67. The molecule has 0 atom stereocenters. The zero-order chi connectivity index (χ0) is 16.4. The SMILES string of the molecule is Cc1ccccc1N(C)C(=O)NC(C)(C)C(C)(C)C(=O)O. The molecule has 0 saturated carbocycles. The summed E-state index contributed by atoms with van der Waals surface area (Å²) in [5.74, 6) is -0.952. The van der Waals surface area contributed by atoms with Crippen LogP contribution in [-0.2, 0) is 4.79 Å². The number of aliphatic carboxylic acids is 1. The summed E-state index contributed by atoms with van der Waals surface area (Å²) in [6.07, 6.45) is 0. The fraction of sp³-hybridized carbons (Fsp3) is 0.500. The number of anilines is 1. The molecule has 21 heavy (non-hydrogen) atoms. The van der Waals surface area contributed by atoms with Gasteiger partial charge in [0.15, 0.2) is 0 Å². The summed E-state index contributed by atoms with van der Waals surface area (Å²) < 4.78 is 0. The van der Waals surface area contributed by atoms with E-state index < -0.39 is 16.9 Å². The van der Waals surface area contributed by atoms with Crippen LogP contribution in [0.25, 0.3) is 0 Å². The minimum absolute atomic E-state index is 0.330. The van der Waals surface area contributed by atoms with Crippen molar-refractivity contribution in [2.75, 3.05) is 11.9 Å². The Morgan fingerprint density at radius 2 is 1.67 bits per heavy atom. The van der Waals surface area contributed by atoms with Gasteiger partial charge in [-0.15, -0.1) is 0 Å². The van der Waals surface area contributed by atoms with E-state index in [1.54, 1.807) is 34.7 Å². The maximum atomic E-state index is 12.4. The number of rotatable bonds is 4. The molecule has 0 aliphatic carbocycles. The predicted octanol–water partition coefficient (Wildman–Crippen LogP) is 3.03. The summed E-state index contributed by atoms with van der Waals surface area (Å²) >= 11 is 0. The van der Waals surface area contributed by atoms with Gasteiger partial charge in [0.2, 0.25) is 0 Å². The number of carboxylic acids is 1. The Morgan fingerprint density at radius 1 is 1.14 bits per heavy atom. The number of hydrogen-bond acceptors (Lipinski definition) is 2. The van der Waals surface area contributed by atoms with Crippen LogP contribution >= 0.6 is 0 Å². The molecule has 0 heterocycles. The zero-order valence-electron chi connectivity index (χ0n) is 13.5.